The summed E-state index contributed by atoms with van der Waals surface area (Å²) in [7, 11) is -3.86. The molecule has 0 atom stereocenters. The van der Waals surface area contributed by atoms with Crippen molar-refractivity contribution in [3.63, 3.8) is 0 Å². The fraction of sp³-hybridized carbons (Fsp3) is 0.263. The molecule has 3 rings (SSSR count). The van der Waals surface area contributed by atoms with Crippen molar-refractivity contribution in [2.75, 3.05) is 37.6 Å². The predicted octanol–water partition coefficient (Wildman–Crippen LogP) is 1.84. The van der Waals surface area contributed by atoms with Crippen LogP contribution in [-0.2, 0) is 14.8 Å². The van der Waals surface area contributed by atoms with Gasteiger partial charge in [0.2, 0.25) is 15.9 Å². The lowest BCUT2D eigenvalue weighted by Crippen LogP contribution is -2.51. The van der Waals surface area contributed by atoms with E-state index in [1.54, 1.807) is 4.90 Å². The third-order valence-electron chi connectivity index (χ3n) is 4.49. The van der Waals surface area contributed by atoms with Gasteiger partial charge in [0, 0.05) is 36.9 Å². The summed E-state index contributed by atoms with van der Waals surface area (Å²) < 4.78 is 27.0. The largest absolute Gasteiger partial charge is 0.368 e. The number of hydrogen-bond donors (Lipinski definition) is 1. The van der Waals surface area contributed by atoms with Crippen LogP contribution in [0.4, 0.5) is 5.69 Å². The van der Waals surface area contributed by atoms with Crippen LogP contribution < -0.4 is 9.62 Å². The van der Waals surface area contributed by atoms with Crippen LogP contribution in [0.15, 0.2) is 53.4 Å². The highest BCUT2D eigenvalue weighted by atomic mass is 35.5. The molecule has 2 aromatic carbocycles. The van der Waals surface area contributed by atoms with Gasteiger partial charge < -0.3 is 9.80 Å². The van der Waals surface area contributed by atoms with Crippen molar-refractivity contribution in [1.82, 2.24) is 9.62 Å². The number of anilines is 1. The van der Waals surface area contributed by atoms with Crippen LogP contribution in [-0.4, -0.2) is 51.9 Å². The number of sulfonamides is 1. The van der Waals surface area contributed by atoms with Crippen LogP contribution >= 0.6 is 11.6 Å². The van der Waals surface area contributed by atoms with Gasteiger partial charge in [0.25, 0.3) is 0 Å². The molecule has 0 spiro atoms. The normalized spacial score (nSPS) is 14.6. The van der Waals surface area contributed by atoms with Gasteiger partial charge in [0.1, 0.15) is 0 Å². The number of halogens is 1. The molecule has 28 heavy (non-hydrogen) atoms. The fourth-order valence-electron chi connectivity index (χ4n) is 2.97. The van der Waals surface area contributed by atoms with E-state index in [-0.39, 0.29) is 22.9 Å². The molecule has 0 unspecified atom stereocenters. The third-order valence-corrected chi connectivity index (χ3v) is 6.13. The smallest absolute Gasteiger partial charge is 0.241 e. The number of nitriles is 1. The fourth-order valence-corrected chi connectivity index (χ4v) is 4.18. The molecule has 7 nitrogen and oxygen atoms in total. The Labute approximate surface area is 169 Å². The topological polar surface area (TPSA) is 93.5 Å². The van der Waals surface area contributed by atoms with E-state index in [1.807, 2.05) is 30.3 Å². The lowest BCUT2D eigenvalue weighted by Gasteiger charge is -2.36. The Morgan fingerprint density at radius 3 is 2.50 bits per heavy atom. The van der Waals surface area contributed by atoms with Crippen LogP contribution in [0.5, 0.6) is 0 Å². The summed E-state index contributed by atoms with van der Waals surface area (Å²) in [6, 6.07) is 15.1. The van der Waals surface area contributed by atoms with E-state index in [9.17, 15) is 13.2 Å². The Morgan fingerprint density at radius 1 is 1.11 bits per heavy atom. The molecule has 0 radical (unpaired) electrons. The molecule has 1 N–H and O–H groups in total. The standard InChI is InChI=1S/C19H19ClN4O3S/c20-16-4-2-5-17(12-16)23-7-9-24(10-8-23)19(25)14-22-28(26,27)18-6-1-3-15(11-18)13-21/h1-6,11-12,22H,7-10,14H2. The molecule has 1 aliphatic heterocycles. The van der Waals surface area contributed by atoms with E-state index in [2.05, 4.69) is 9.62 Å². The number of amides is 1. The van der Waals surface area contributed by atoms with Crippen molar-refractivity contribution in [1.29, 1.82) is 5.26 Å². The maximum Gasteiger partial charge on any atom is 0.241 e. The maximum atomic E-state index is 12.4. The minimum atomic E-state index is -3.86. The quantitative estimate of drug-likeness (QED) is 0.799. The number of piperazine rings is 1. The highest BCUT2D eigenvalue weighted by molar-refractivity contribution is 7.89. The van der Waals surface area contributed by atoms with Gasteiger partial charge in [-0.2, -0.15) is 5.26 Å². The average molecular weight is 419 g/mol. The molecule has 1 fully saturated rings. The monoisotopic (exact) mass is 418 g/mol. The van der Waals surface area contributed by atoms with Crippen molar-refractivity contribution in [3.05, 3.63) is 59.1 Å². The number of hydrogen-bond acceptors (Lipinski definition) is 5. The molecule has 0 saturated carbocycles. The molecule has 9 heteroatoms. The number of benzene rings is 2. The highest BCUT2D eigenvalue weighted by Gasteiger charge is 2.23. The van der Waals surface area contributed by atoms with Crippen LogP contribution in [0.1, 0.15) is 5.56 Å². The van der Waals surface area contributed by atoms with E-state index < -0.39 is 10.0 Å². The Morgan fingerprint density at radius 2 is 1.82 bits per heavy atom. The maximum absolute atomic E-state index is 12.4. The number of nitrogens with one attached hydrogen (secondary N) is 1. The zero-order valence-electron chi connectivity index (χ0n) is 15.0. The van der Waals surface area contributed by atoms with E-state index in [1.165, 1.54) is 24.3 Å². The van der Waals surface area contributed by atoms with Crippen LogP contribution in [0.2, 0.25) is 5.02 Å². The Kier molecular flexibility index (Phi) is 6.19. The van der Waals surface area contributed by atoms with Gasteiger partial charge in [-0.3, -0.25) is 4.79 Å². The van der Waals surface area contributed by atoms with Crippen molar-refractivity contribution in [3.8, 4) is 6.07 Å². The predicted molar refractivity (Wildman–Crippen MR) is 107 cm³/mol. The number of carbonyl (C=O) groups excluding carboxylic acids is 1. The first kappa shape index (κ1) is 20.1. The van der Waals surface area contributed by atoms with Gasteiger partial charge >= 0.3 is 0 Å². The van der Waals surface area contributed by atoms with E-state index in [0.717, 1.165) is 5.69 Å². The minimum Gasteiger partial charge on any atom is -0.368 e. The van der Waals surface area contributed by atoms with Crippen LogP contribution in [0.25, 0.3) is 0 Å². The van der Waals surface area contributed by atoms with Crippen molar-refractivity contribution < 1.29 is 13.2 Å². The van der Waals surface area contributed by atoms with Crippen LogP contribution in [0.3, 0.4) is 0 Å². The van der Waals surface area contributed by atoms with Gasteiger partial charge in [-0.05, 0) is 36.4 Å². The van der Waals surface area contributed by atoms with Crippen molar-refractivity contribution >= 4 is 33.2 Å². The summed E-state index contributed by atoms with van der Waals surface area (Å²) in [6.07, 6.45) is 0. The van der Waals surface area contributed by atoms with Gasteiger partial charge in [0.15, 0.2) is 0 Å². The second-order valence-electron chi connectivity index (χ2n) is 6.31. The van der Waals surface area contributed by atoms with E-state index >= 15 is 0 Å². The molecule has 2 aromatic rings. The Balaban J connectivity index is 1.55. The molecular formula is C19H19ClN4O3S. The second kappa shape index (κ2) is 8.61. The second-order valence-corrected chi connectivity index (χ2v) is 8.52. The zero-order valence-corrected chi connectivity index (χ0v) is 16.6. The zero-order chi connectivity index (χ0) is 20.1. The summed E-state index contributed by atoms with van der Waals surface area (Å²) in [5.41, 5.74) is 1.24. The molecule has 146 valence electrons. The molecular weight excluding hydrogens is 400 g/mol. The lowest BCUT2D eigenvalue weighted by molar-refractivity contribution is -0.130. The molecule has 1 aliphatic rings. The summed E-state index contributed by atoms with van der Waals surface area (Å²) in [5.74, 6) is -0.286. The average Bonchev–Trinajstić information content (AvgIpc) is 2.72. The SMILES string of the molecule is N#Cc1cccc(S(=O)(=O)NCC(=O)N2CCN(c3cccc(Cl)c3)CC2)c1. The van der Waals surface area contributed by atoms with Gasteiger partial charge in [-0.25, -0.2) is 13.1 Å². The molecule has 0 aliphatic carbocycles. The number of rotatable bonds is 5. The first-order valence-corrected chi connectivity index (χ1v) is 10.5. The molecule has 0 bridgehead atoms. The Bertz CT molecular complexity index is 1010. The van der Waals surface area contributed by atoms with Crippen molar-refractivity contribution in [2.24, 2.45) is 0 Å². The minimum absolute atomic E-state index is 0.0369. The van der Waals surface area contributed by atoms with Crippen molar-refractivity contribution in [2.45, 2.75) is 4.90 Å². The first-order chi connectivity index (χ1) is 13.4. The summed E-state index contributed by atoms with van der Waals surface area (Å²) in [4.78, 5) is 16.1. The van der Waals surface area contributed by atoms with Crippen LogP contribution in [0, 0.1) is 11.3 Å². The van der Waals surface area contributed by atoms with Gasteiger partial charge in [-0.15, -0.1) is 0 Å². The molecule has 1 amide bonds. The molecule has 0 aromatic heterocycles. The molecule has 1 heterocycles. The van der Waals surface area contributed by atoms with Gasteiger partial charge in [0.05, 0.1) is 23.1 Å². The van der Waals surface area contributed by atoms with E-state index in [4.69, 9.17) is 16.9 Å². The third kappa shape index (κ3) is 4.81. The number of carbonyl (C=O) groups is 1. The molecule has 1 saturated heterocycles. The highest BCUT2D eigenvalue weighted by Crippen LogP contribution is 2.20. The summed E-state index contributed by atoms with van der Waals surface area (Å²) in [6.45, 7) is 1.95. The first-order valence-electron chi connectivity index (χ1n) is 8.67. The Hall–Kier alpha value is -2.60. The lowest BCUT2D eigenvalue weighted by atomic mass is 10.2. The summed E-state index contributed by atoms with van der Waals surface area (Å²) >= 11 is 6.02. The van der Waals surface area contributed by atoms with E-state index in [0.29, 0.717) is 31.2 Å². The summed E-state index contributed by atoms with van der Waals surface area (Å²) in [5, 5.41) is 9.56. The van der Waals surface area contributed by atoms with Gasteiger partial charge in [-0.1, -0.05) is 23.7 Å². The number of nitrogens with zero attached hydrogens (tertiary/aromatic N) is 3.